The van der Waals surface area contributed by atoms with Crippen LogP contribution in [0.1, 0.15) is 36.2 Å². The molecule has 3 aromatic rings. The van der Waals surface area contributed by atoms with Crippen molar-refractivity contribution in [3.8, 4) is 0 Å². The molecule has 2 aromatic carbocycles. The molecule has 0 saturated heterocycles. The first-order valence-corrected chi connectivity index (χ1v) is 11.7. The van der Waals surface area contributed by atoms with Gasteiger partial charge in [-0.1, -0.05) is 25.5 Å². The molecule has 0 aliphatic heterocycles. The summed E-state index contributed by atoms with van der Waals surface area (Å²) in [5, 5.41) is 4.52. The van der Waals surface area contributed by atoms with Crippen molar-refractivity contribution < 1.29 is 26.8 Å². The van der Waals surface area contributed by atoms with E-state index >= 15 is 0 Å². The molecular weight excluding hydrogens is 466 g/mol. The van der Waals surface area contributed by atoms with Crippen molar-refractivity contribution in [3.63, 3.8) is 0 Å². The summed E-state index contributed by atoms with van der Waals surface area (Å²) in [5.74, 6) is -3.43. The molecule has 178 valence electrons. The number of hydrogen-bond donors (Lipinski definition) is 3. The minimum Gasteiger partial charge on any atom is -0.317 e. The maximum Gasteiger partial charge on any atom is 0.261 e. The fraction of sp³-hybridized carbons (Fsp3) is 0.174. The van der Waals surface area contributed by atoms with Gasteiger partial charge in [0.1, 0.15) is 17.3 Å². The van der Waals surface area contributed by atoms with Crippen molar-refractivity contribution in [1.29, 1.82) is 0 Å². The third-order valence-electron chi connectivity index (χ3n) is 4.68. The number of carbonyl (C=O) groups is 2. The molecule has 1 heterocycles. The first-order chi connectivity index (χ1) is 16.1. The second-order valence-electron chi connectivity index (χ2n) is 7.35. The van der Waals surface area contributed by atoms with Gasteiger partial charge in [0, 0.05) is 13.1 Å². The zero-order chi connectivity index (χ0) is 24.9. The number of nitrogens with zero attached hydrogens (tertiary/aromatic N) is 1. The molecule has 3 rings (SSSR count). The van der Waals surface area contributed by atoms with Crippen molar-refractivity contribution in [2.24, 2.45) is 0 Å². The van der Waals surface area contributed by atoms with Crippen molar-refractivity contribution in [3.05, 3.63) is 77.5 Å². The predicted octanol–water partition coefficient (Wildman–Crippen LogP) is 4.32. The van der Waals surface area contributed by atoms with Gasteiger partial charge >= 0.3 is 0 Å². The Labute approximate surface area is 195 Å². The van der Waals surface area contributed by atoms with Crippen LogP contribution in [0.5, 0.6) is 0 Å². The van der Waals surface area contributed by atoms with Crippen LogP contribution < -0.4 is 15.4 Å². The summed E-state index contributed by atoms with van der Waals surface area (Å²) in [6.07, 6.45) is 2.80. The normalized spacial score (nSPS) is 11.1. The summed E-state index contributed by atoms with van der Waals surface area (Å²) in [6.45, 7) is 3.29. The van der Waals surface area contributed by atoms with E-state index < -0.39 is 38.9 Å². The van der Waals surface area contributed by atoms with E-state index in [0.717, 1.165) is 36.7 Å². The molecule has 0 radical (unpaired) electrons. The molecule has 0 fully saturated rings. The van der Waals surface area contributed by atoms with Crippen molar-refractivity contribution in [1.82, 2.24) is 4.98 Å². The van der Waals surface area contributed by atoms with E-state index in [1.165, 1.54) is 31.2 Å². The number of benzene rings is 2. The molecule has 3 N–H and O–H groups in total. The number of carbonyl (C=O) groups excluding carboxylic acids is 2. The molecule has 2 amide bonds. The second kappa shape index (κ2) is 10.4. The van der Waals surface area contributed by atoms with Crippen LogP contribution in [0.3, 0.4) is 0 Å². The third kappa shape index (κ3) is 5.93. The van der Waals surface area contributed by atoms with Gasteiger partial charge in [-0.2, -0.15) is 0 Å². The van der Waals surface area contributed by atoms with E-state index in [-0.39, 0.29) is 22.2 Å². The van der Waals surface area contributed by atoms with Gasteiger partial charge in [0.2, 0.25) is 5.91 Å². The van der Waals surface area contributed by atoms with E-state index in [1.54, 1.807) is 12.1 Å². The minimum atomic E-state index is -4.16. The standard InChI is InChI=1S/C23H22F2N4O4S/c1-3-4-15-5-8-17(9-6-15)34(32,33)29-19-11-10-18(24)22(21(19)25)28-23(31)16-7-12-20(26-13-16)27-14(2)30/h5-13,29H,3-4H2,1-2H3,(H,28,31)(H,26,27,30). The van der Waals surface area contributed by atoms with E-state index in [4.69, 9.17) is 0 Å². The van der Waals surface area contributed by atoms with E-state index in [2.05, 4.69) is 20.3 Å². The van der Waals surface area contributed by atoms with Gasteiger partial charge in [0.05, 0.1) is 16.1 Å². The lowest BCUT2D eigenvalue weighted by molar-refractivity contribution is -0.114. The third-order valence-corrected chi connectivity index (χ3v) is 6.06. The molecule has 0 aliphatic carbocycles. The number of hydrogen-bond acceptors (Lipinski definition) is 5. The number of nitrogens with one attached hydrogen (secondary N) is 3. The number of aromatic nitrogens is 1. The number of sulfonamides is 1. The lowest BCUT2D eigenvalue weighted by atomic mass is 10.1. The smallest absolute Gasteiger partial charge is 0.261 e. The van der Waals surface area contributed by atoms with Crippen LogP contribution in [0.15, 0.2) is 59.6 Å². The summed E-state index contributed by atoms with van der Waals surface area (Å²) in [7, 11) is -4.16. The molecule has 0 unspecified atom stereocenters. The summed E-state index contributed by atoms with van der Waals surface area (Å²) < 4.78 is 56.7. The van der Waals surface area contributed by atoms with E-state index in [9.17, 15) is 26.8 Å². The molecule has 0 aliphatic rings. The Balaban J connectivity index is 1.81. The average molecular weight is 489 g/mol. The second-order valence-corrected chi connectivity index (χ2v) is 9.03. The quantitative estimate of drug-likeness (QED) is 0.437. The number of amides is 2. The zero-order valence-corrected chi connectivity index (χ0v) is 19.2. The van der Waals surface area contributed by atoms with Gasteiger partial charge < -0.3 is 10.6 Å². The number of aryl methyl sites for hydroxylation is 1. The van der Waals surface area contributed by atoms with Crippen LogP contribution in [0.2, 0.25) is 0 Å². The highest BCUT2D eigenvalue weighted by molar-refractivity contribution is 7.92. The number of rotatable bonds is 8. The Bertz CT molecular complexity index is 1310. The van der Waals surface area contributed by atoms with E-state index in [1.807, 2.05) is 6.92 Å². The molecule has 8 nitrogen and oxygen atoms in total. The fourth-order valence-electron chi connectivity index (χ4n) is 3.04. The highest BCUT2D eigenvalue weighted by atomic mass is 32.2. The van der Waals surface area contributed by atoms with Gasteiger partial charge in [0.15, 0.2) is 5.82 Å². The summed E-state index contributed by atoms with van der Waals surface area (Å²) in [5.41, 5.74) is -0.437. The molecule has 0 saturated carbocycles. The van der Waals surface area contributed by atoms with Crippen LogP contribution >= 0.6 is 0 Å². The topological polar surface area (TPSA) is 117 Å². The van der Waals surface area contributed by atoms with Crippen LogP contribution in [-0.4, -0.2) is 25.2 Å². The molecule has 0 spiro atoms. The highest BCUT2D eigenvalue weighted by Gasteiger charge is 2.21. The first-order valence-electron chi connectivity index (χ1n) is 10.3. The maximum atomic E-state index is 15.0. The van der Waals surface area contributed by atoms with Crippen LogP contribution in [0, 0.1) is 11.6 Å². The number of pyridine rings is 1. The Kier molecular flexibility index (Phi) is 7.57. The Morgan fingerprint density at radius 2 is 1.68 bits per heavy atom. The maximum absolute atomic E-state index is 15.0. The minimum absolute atomic E-state index is 0.0361. The Morgan fingerprint density at radius 3 is 2.26 bits per heavy atom. The van der Waals surface area contributed by atoms with E-state index in [0.29, 0.717) is 0 Å². The first kappa shape index (κ1) is 24.8. The summed E-state index contributed by atoms with van der Waals surface area (Å²) in [4.78, 5) is 27.3. The summed E-state index contributed by atoms with van der Waals surface area (Å²) >= 11 is 0. The van der Waals surface area contributed by atoms with Crippen molar-refractivity contribution in [2.75, 3.05) is 15.4 Å². The Morgan fingerprint density at radius 1 is 0.971 bits per heavy atom. The average Bonchev–Trinajstić information content (AvgIpc) is 2.79. The monoisotopic (exact) mass is 488 g/mol. The SMILES string of the molecule is CCCc1ccc(S(=O)(=O)Nc2ccc(F)c(NC(=O)c3ccc(NC(C)=O)nc3)c2F)cc1. The molecule has 34 heavy (non-hydrogen) atoms. The van der Waals surface area contributed by atoms with Gasteiger partial charge in [-0.3, -0.25) is 14.3 Å². The van der Waals surface area contributed by atoms with Gasteiger partial charge in [-0.25, -0.2) is 22.2 Å². The summed E-state index contributed by atoms with van der Waals surface area (Å²) in [6, 6.07) is 10.5. The lowest BCUT2D eigenvalue weighted by Gasteiger charge is -2.13. The van der Waals surface area contributed by atoms with Crippen LogP contribution in [0.4, 0.5) is 26.0 Å². The van der Waals surface area contributed by atoms with Gasteiger partial charge in [-0.15, -0.1) is 0 Å². The lowest BCUT2D eigenvalue weighted by Crippen LogP contribution is -2.18. The molecule has 0 atom stereocenters. The highest BCUT2D eigenvalue weighted by Crippen LogP contribution is 2.28. The van der Waals surface area contributed by atoms with Gasteiger partial charge in [0.25, 0.3) is 15.9 Å². The predicted molar refractivity (Wildman–Crippen MR) is 124 cm³/mol. The Hall–Kier alpha value is -3.86. The zero-order valence-electron chi connectivity index (χ0n) is 18.4. The number of anilines is 3. The largest absolute Gasteiger partial charge is 0.317 e. The van der Waals surface area contributed by atoms with Gasteiger partial charge in [-0.05, 0) is 48.4 Å². The molecule has 0 bridgehead atoms. The fourth-order valence-corrected chi connectivity index (χ4v) is 4.10. The molecule has 11 heteroatoms. The molecule has 1 aromatic heterocycles. The molecular formula is C23H22F2N4O4S. The van der Waals surface area contributed by atoms with Crippen molar-refractivity contribution in [2.45, 2.75) is 31.6 Å². The van der Waals surface area contributed by atoms with Crippen LogP contribution in [0.25, 0.3) is 0 Å². The van der Waals surface area contributed by atoms with Crippen molar-refractivity contribution >= 4 is 39.0 Å². The number of halogens is 2. The van der Waals surface area contributed by atoms with Crippen LogP contribution in [-0.2, 0) is 21.2 Å².